The molecule has 1 aromatic carbocycles. The summed E-state index contributed by atoms with van der Waals surface area (Å²) in [6.07, 6.45) is 1.87. The zero-order chi connectivity index (χ0) is 15.7. The second kappa shape index (κ2) is 5.82. The van der Waals surface area contributed by atoms with Gasteiger partial charge >= 0.3 is 0 Å². The second-order valence-corrected chi connectivity index (χ2v) is 5.45. The molecule has 3 aromatic rings. The Hall–Kier alpha value is -2.31. The van der Waals surface area contributed by atoms with Crippen LogP contribution in [0.5, 0.6) is 0 Å². The first-order chi connectivity index (χ1) is 10.6. The van der Waals surface area contributed by atoms with Crippen LogP contribution in [0.15, 0.2) is 51.6 Å². The van der Waals surface area contributed by atoms with Gasteiger partial charge in [0.2, 0.25) is 0 Å². The van der Waals surface area contributed by atoms with Crippen molar-refractivity contribution in [1.82, 2.24) is 14.8 Å². The van der Waals surface area contributed by atoms with Gasteiger partial charge in [0.15, 0.2) is 5.69 Å². The van der Waals surface area contributed by atoms with Crippen molar-refractivity contribution in [2.75, 3.05) is 0 Å². The minimum Gasteiger partial charge on any atom is -0.349 e. The lowest BCUT2D eigenvalue weighted by atomic mass is 10.3. The van der Waals surface area contributed by atoms with Gasteiger partial charge in [-0.05, 0) is 30.3 Å². The molecule has 8 heteroatoms. The summed E-state index contributed by atoms with van der Waals surface area (Å²) in [4.78, 5) is 11.9. The molecule has 2 heterocycles. The van der Waals surface area contributed by atoms with Crippen LogP contribution < -0.4 is 5.56 Å². The lowest BCUT2D eigenvalue weighted by Crippen LogP contribution is -1.96. The molecule has 0 aliphatic rings. The summed E-state index contributed by atoms with van der Waals surface area (Å²) in [5.74, 6) is 0. The number of aromatic amines is 2. The van der Waals surface area contributed by atoms with E-state index in [1.54, 1.807) is 18.2 Å². The third-order valence-electron chi connectivity index (χ3n) is 3.12. The van der Waals surface area contributed by atoms with Crippen LogP contribution in [0.25, 0.3) is 11.4 Å². The highest BCUT2D eigenvalue weighted by Crippen LogP contribution is 2.31. The summed E-state index contributed by atoms with van der Waals surface area (Å²) in [5.41, 5.74) is 1.64. The molecule has 0 fully saturated rings. The Morgan fingerprint density at radius 1 is 1.14 bits per heavy atom. The number of halogens is 2. The minimum absolute atomic E-state index is 0.188. The average molecular weight is 336 g/mol. The maximum absolute atomic E-state index is 11.9. The number of nitrogens with one attached hydrogen (secondary N) is 2. The van der Waals surface area contributed by atoms with Gasteiger partial charge in [0.05, 0.1) is 10.7 Å². The first-order valence-electron chi connectivity index (χ1n) is 6.35. The van der Waals surface area contributed by atoms with E-state index in [-0.39, 0.29) is 11.2 Å². The number of hydrogen-bond acceptors (Lipinski definition) is 3. The molecular formula is C14H11Cl2N5O. The van der Waals surface area contributed by atoms with Crippen molar-refractivity contribution in [3.8, 4) is 11.4 Å². The molecule has 3 rings (SSSR count). The van der Waals surface area contributed by atoms with Crippen LogP contribution in [-0.4, -0.2) is 14.8 Å². The van der Waals surface area contributed by atoms with Gasteiger partial charge in [0.25, 0.3) is 5.56 Å². The first-order valence-corrected chi connectivity index (χ1v) is 7.11. The Balaban J connectivity index is 2.03. The monoisotopic (exact) mass is 335 g/mol. The van der Waals surface area contributed by atoms with Crippen LogP contribution >= 0.6 is 23.2 Å². The van der Waals surface area contributed by atoms with Crippen molar-refractivity contribution >= 4 is 34.6 Å². The number of nitrogens with zero attached hydrogens (tertiary/aromatic N) is 3. The van der Waals surface area contributed by atoms with E-state index in [1.165, 1.54) is 0 Å². The summed E-state index contributed by atoms with van der Waals surface area (Å²) in [7, 11) is 1.87. The van der Waals surface area contributed by atoms with Crippen LogP contribution in [-0.2, 0) is 7.05 Å². The Kier molecular flexibility index (Phi) is 3.87. The zero-order valence-corrected chi connectivity index (χ0v) is 13.0. The Morgan fingerprint density at radius 2 is 1.95 bits per heavy atom. The van der Waals surface area contributed by atoms with Gasteiger partial charge in [-0.15, -0.1) is 10.2 Å². The molecule has 112 valence electrons. The van der Waals surface area contributed by atoms with Crippen LogP contribution in [0.3, 0.4) is 0 Å². The van der Waals surface area contributed by atoms with E-state index in [1.807, 2.05) is 29.9 Å². The first kappa shape index (κ1) is 14.6. The van der Waals surface area contributed by atoms with Crippen molar-refractivity contribution in [3.63, 3.8) is 0 Å². The number of aromatic nitrogens is 3. The molecule has 2 aromatic heterocycles. The van der Waals surface area contributed by atoms with E-state index < -0.39 is 0 Å². The van der Waals surface area contributed by atoms with E-state index in [0.717, 1.165) is 5.69 Å². The highest BCUT2D eigenvalue weighted by molar-refractivity contribution is 6.36. The molecule has 0 saturated carbocycles. The van der Waals surface area contributed by atoms with Crippen molar-refractivity contribution in [2.45, 2.75) is 0 Å². The lowest BCUT2D eigenvalue weighted by Gasteiger charge is -2.01. The smallest absolute Gasteiger partial charge is 0.292 e. The molecule has 22 heavy (non-hydrogen) atoms. The highest BCUT2D eigenvalue weighted by Gasteiger charge is 2.13. The average Bonchev–Trinajstić information content (AvgIpc) is 3.04. The zero-order valence-electron chi connectivity index (χ0n) is 11.5. The molecule has 0 aliphatic carbocycles. The fraction of sp³-hybridized carbons (Fsp3) is 0.0714. The fourth-order valence-electron chi connectivity index (χ4n) is 2.02. The number of hydrogen-bond donors (Lipinski definition) is 2. The third-order valence-corrected chi connectivity index (χ3v) is 3.66. The molecule has 0 spiro atoms. The van der Waals surface area contributed by atoms with E-state index >= 15 is 0 Å². The van der Waals surface area contributed by atoms with Gasteiger partial charge in [-0.2, -0.15) is 0 Å². The predicted octanol–water partition coefficient (Wildman–Crippen LogP) is 4.43. The molecule has 2 N–H and O–H groups in total. The summed E-state index contributed by atoms with van der Waals surface area (Å²) < 4.78 is 1.87. The van der Waals surface area contributed by atoms with E-state index in [2.05, 4.69) is 20.4 Å². The van der Waals surface area contributed by atoms with E-state index in [4.69, 9.17) is 23.2 Å². The molecule has 0 atom stereocenters. The van der Waals surface area contributed by atoms with Gasteiger partial charge < -0.3 is 4.57 Å². The van der Waals surface area contributed by atoms with Gasteiger partial charge in [-0.25, -0.2) is 0 Å². The van der Waals surface area contributed by atoms with Crippen molar-refractivity contribution in [1.29, 1.82) is 0 Å². The number of benzene rings is 1. The standard InChI is InChI=1S/C14H11Cl2N5O/c1-21-6-2-3-11(21)12-13(14(22)20-18-12)19-17-10-5-4-8(15)7-9(10)16/h2-7H,1H3,(H2,18,20,22). The topological polar surface area (TPSA) is 78.3 Å². The summed E-state index contributed by atoms with van der Waals surface area (Å²) >= 11 is 11.9. The number of azo groups is 1. The minimum atomic E-state index is -0.356. The maximum Gasteiger partial charge on any atom is 0.292 e. The molecule has 0 saturated heterocycles. The van der Waals surface area contributed by atoms with Gasteiger partial charge in [0.1, 0.15) is 11.4 Å². The van der Waals surface area contributed by atoms with Crippen molar-refractivity contribution in [2.24, 2.45) is 17.3 Å². The Bertz CT molecular complexity index is 906. The van der Waals surface area contributed by atoms with E-state index in [9.17, 15) is 4.79 Å². The molecule has 0 bridgehead atoms. The van der Waals surface area contributed by atoms with Crippen molar-refractivity contribution < 1.29 is 0 Å². The van der Waals surface area contributed by atoms with E-state index in [0.29, 0.717) is 21.4 Å². The fourth-order valence-corrected chi connectivity index (χ4v) is 2.47. The molecule has 0 unspecified atom stereocenters. The SMILES string of the molecule is Cn1cccc1-c1[nH][nH]c(=O)c1N=Nc1ccc(Cl)cc1Cl. The van der Waals surface area contributed by atoms with Crippen molar-refractivity contribution in [3.05, 3.63) is 56.9 Å². The normalized spacial score (nSPS) is 11.4. The summed E-state index contributed by atoms with van der Waals surface area (Å²) in [6.45, 7) is 0. The maximum atomic E-state index is 11.9. The molecular weight excluding hydrogens is 325 g/mol. The van der Waals surface area contributed by atoms with Crippen LogP contribution in [0.4, 0.5) is 11.4 Å². The largest absolute Gasteiger partial charge is 0.349 e. The van der Waals surface area contributed by atoms with Crippen LogP contribution in [0.1, 0.15) is 0 Å². The second-order valence-electron chi connectivity index (χ2n) is 4.60. The number of rotatable bonds is 3. The lowest BCUT2D eigenvalue weighted by molar-refractivity contribution is 0.925. The quantitative estimate of drug-likeness (QED) is 0.682. The number of aryl methyl sites for hydroxylation is 1. The number of H-pyrrole nitrogens is 2. The highest BCUT2D eigenvalue weighted by atomic mass is 35.5. The van der Waals surface area contributed by atoms with Crippen LogP contribution in [0, 0.1) is 0 Å². The Morgan fingerprint density at radius 3 is 2.64 bits per heavy atom. The molecule has 6 nitrogen and oxygen atoms in total. The van der Waals surface area contributed by atoms with Crippen LogP contribution in [0.2, 0.25) is 10.0 Å². The van der Waals surface area contributed by atoms with Gasteiger partial charge in [0, 0.05) is 18.3 Å². The third kappa shape index (κ3) is 2.70. The molecule has 0 amide bonds. The Labute approximate surface area is 135 Å². The predicted molar refractivity (Wildman–Crippen MR) is 86.5 cm³/mol. The molecule has 0 aliphatic heterocycles. The summed E-state index contributed by atoms with van der Waals surface area (Å²) in [6, 6.07) is 8.60. The van der Waals surface area contributed by atoms with Gasteiger partial charge in [-0.1, -0.05) is 23.2 Å². The summed E-state index contributed by atoms with van der Waals surface area (Å²) in [5, 5.41) is 14.3. The van der Waals surface area contributed by atoms with Gasteiger partial charge in [-0.3, -0.25) is 15.0 Å². The molecule has 0 radical (unpaired) electrons.